The van der Waals surface area contributed by atoms with Gasteiger partial charge in [0, 0.05) is 19.6 Å². The second-order valence-electron chi connectivity index (χ2n) is 8.35. The summed E-state index contributed by atoms with van der Waals surface area (Å²) in [6.45, 7) is 7.95. The van der Waals surface area contributed by atoms with Crippen LogP contribution in [0.1, 0.15) is 45.1 Å². The summed E-state index contributed by atoms with van der Waals surface area (Å²) in [5, 5.41) is 11.1. The highest BCUT2D eigenvalue weighted by atomic mass is 19.1. The summed E-state index contributed by atoms with van der Waals surface area (Å²) in [4.78, 5) is 16.9. The number of carbonyl (C=O) groups excluding carboxylic acids is 1. The van der Waals surface area contributed by atoms with Gasteiger partial charge in [-0.05, 0) is 68.3 Å². The minimum atomic E-state index is -1.29. The van der Waals surface area contributed by atoms with Gasteiger partial charge in [0.05, 0.1) is 0 Å². The van der Waals surface area contributed by atoms with Gasteiger partial charge in [-0.1, -0.05) is 26.0 Å². The van der Waals surface area contributed by atoms with Crippen molar-refractivity contribution in [2.75, 3.05) is 26.2 Å². The highest BCUT2D eigenvalue weighted by Crippen LogP contribution is 2.29. The molecule has 0 unspecified atom stereocenters. The van der Waals surface area contributed by atoms with Gasteiger partial charge in [0.1, 0.15) is 5.82 Å². The molecule has 0 saturated carbocycles. The maximum atomic E-state index is 13.1. The third-order valence-electron chi connectivity index (χ3n) is 6.05. The van der Waals surface area contributed by atoms with Gasteiger partial charge < -0.3 is 10.0 Å². The lowest BCUT2D eigenvalue weighted by molar-refractivity contribution is -0.160. The number of carbonyl (C=O) groups is 1. The molecule has 4 nitrogen and oxygen atoms in total. The van der Waals surface area contributed by atoms with Crippen LogP contribution in [0.25, 0.3) is 0 Å². The summed E-state index contributed by atoms with van der Waals surface area (Å²) < 4.78 is 13.1. The van der Waals surface area contributed by atoms with Crippen LogP contribution in [-0.2, 0) is 11.3 Å². The Kier molecular flexibility index (Phi) is 5.98. The third-order valence-corrected chi connectivity index (χ3v) is 6.05. The van der Waals surface area contributed by atoms with Crippen molar-refractivity contribution in [3.05, 3.63) is 35.6 Å². The summed E-state index contributed by atoms with van der Waals surface area (Å²) in [5.74, 6) is 0.986. The van der Waals surface area contributed by atoms with Crippen LogP contribution in [0.2, 0.25) is 0 Å². The first-order valence-corrected chi connectivity index (χ1v) is 9.86. The van der Waals surface area contributed by atoms with Crippen LogP contribution >= 0.6 is 0 Å². The first-order chi connectivity index (χ1) is 12.4. The molecular formula is C21H31FN2O2. The number of piperidine rings is 2. The summed E-state index contributed by atoms with van der Waals surface area (Å²) in [7, 11) is 0. The number of hydrogen-bond donors (Lipinski definition) is 1. The molecule has 2 heterocycles. The zero-order valence-corrected chi connectivity index (χ0v) is 16.0. The molecule has 26 heavy (non-hydrogen) atoms. The Labute approximate surface area is 156 Å². The van der Waals surface area contributed by atoms with Crippen molar-refractivity contribution in [3.63, 3.8) is 0 Å². The summed E-state index contributed by atoms with van der Waals surface area (Å²) in [5.41, 5.74) is -0.398. The molecule has 1 aromatic rings. The van der Waals surface area contributed by atoms with E-state index in [4.69, 9.17) is 0 Å². The first-order valence-electron chi connectivity index (χ1n) is 9.86. The maximum absolute atomic E-state index is 13.1. The number of nitrogens with zero attached hydrogens (tertiary/aromatic N) is 2. The number of β-amino-alcohol motifs (C(OH)–C–C–N with tert-alkyl or cyclic N) is 1. The maximum Gasteiger partial charge on any atom is 0.256 e. The largest absolute Gasteiger partial charge is 0.379 e. The number of benzene rings is 1. The Morgan fingerprint density at radius 3 is 2.46 bits per heavy atom. The van der Waals surface area contributed by atoms with Crippen molar-refractivity contribution in [1.82, 2.24) is 9.80 Å². The predicted molar refractivity (Wildman–Crippen MR) is 100 cm³/mol. The Morgan fingerprint density at radius 2 is 1.85 bits per heavy atom. The number of halogens is 1. The van der Waals surface area contributed by atoms with Crippen LogP contribution in [-0.4, -0.2) is 52.6 Å². The highest BCUT2D eigenvalue weighted by molar-refractivity contribution is 5.86. The van der Waals surface area contributed by atoms with Crippen molar-refractivity contribution in [2.24, 2.45) is 11.8 Å². The van der Waals surface area contributed by atoms with Crippen LogP contribution in [0.15, 0.2) is 24.3 Å². The van der Waals surface area contributed by atoms with Gasteiger partial charge in [-0.3, -0.25) is 9.69 Å². The zero-order valence-electron chi connectivity index (χ0n) is 16.0. The van der Waals surface area contributed by atoms with Gasteiger partial charge >= 0.3 is 0 Å². The molecule has 0 spiro atoms. The van der Waals surface area contributed by atoms with E-state index in [0.29, 0.717) is 32.0 Å². The van der Waals surface area contributed by atoms with E-state index < -0.39 is 5.60 Å². The summed E-state index contributed by atoms with van der Waals surface area (Å²) in [6.07, 6.45) is 3.60. The van der Waals surface area contributed by atoms with Gasteiger partial charge in [0.2, 0.25) is 0 Å². The van der Waals surface area contributed by atoms with E-state index in [-0.39, 0.29) is 11.7 Å². The fourth-order valence-corrected chi connectivity index (χ4v) is 4.32. The summed E-state index contributed by atoms with van der Waals surface area (Å²) >= 11 is 0. The van der Waals surface area contributed by atoms with E-state index in [0.717, 1.165) is 43.8 Å². The molecule has 1 atom stereocenters. The molecule has 3 rings (SSSR count). The minimum Gasteiger partial charge on any atom is -0.379 e. The second kappa shape index (κ2) is 8.05. The van der Waals surface area contributed by atoms with E-state index in [1.54, 1.807) is 17.0 Å². The molecule has 2 fully saturated rings. The van der Waals surface area contributed by atoms with Crippen LogP contribution in [0.5, 0.6) is 0 Å². The van der Waals surface area contributed by atoms with E-state index in [1.165, 1.54) is 12.1 Å². The average molecular weight is 362 g/mol. The van der Waals surface area contributed by atoms with Gasteiger partial charge in [-0.25, -0.2) is 4.39 Å². The zero-order chi connectivity index (χ0) is 18.7. The molecule has 1 amide bonds. The molecule has 0 radical (unpaired) electrons. The number of hydrogen-bond acceptors (Lipinski definition) is 3. The lowest BCUT2D eigenvalue weighted by atomic mass is 9.85. The average Bonchev–Trinajstić information content (AvgIpc) is 2.61. The van der Waals surface area contributed by atoms with Crippen molar-refractivity contribution >= 4 is 5.91 Å². The topological polar surface area (TPSA) is 43.8 Å². The van der Waals surface area contributed by atoms with E-state index in [2.05, 4.69) is 18.7 Å². The lowest BCUT2D eigenvalue weighted by Gasteiger charge is -2.43. The SMILES string of the molecule is CC(C)C1CCN(C[C@]2(O)CCCN(Cc3ccc(F)cc3)C2=O)CC1. The molecule has 1 aromatic carbocycles. The fraction of sp³-hybridized carbons (Fsp3) is 0.667. The lowest BCUT2D eigenvalue weighted by Crippen LogP contribution is -2.59. The van der Waals surface area contributed by atoms with E-state index in [1.807, 2.05) is 0 Å². The molecule has 1 N–H and O–H groups in total. The standard InChI is InChI=1S/C21H31FN2O2/c1-16(2)18-8-12-23(13-9-18)15-21(26)10-3-11-24(20(21)25)14-17-4-6-19(22)7-5-17/h4-7,16,18,26H,3,8-15H2,1-2H3/t21-/m1/s1. The highest BCUT2D eigenvalue weighted by Gasteiger charge is 2.43. The Bertz CT molecular complexity index is 611. The molecule has 2 aliphatic heterocycles. The summed E-state index contributed by atoms with van der Waals surface area (Å²) in [6, 6.07) is 6.23. The normalized spacial score (nSPS) is 25.9. The number of aliphatic hydroxyl groups is 1. The number of likely N-dealkylation sites (tertiary alicyclic amines) is 2. The van der Waals surface area contributed by atoms with Crippen LogP contribution < -0.4 is 0 Å². The van der Waals surface area contributed by atoms with Crippen molar-refractivity contribution in [1.29, 1.82) is 0 Å². The first kappa shape index (κ1) is 19.3. The number of rotatable bonds is 5. The minimum absolute atomic E-state index is 0.181. The van der Waals surface area contributed by atoms with Crippen molar-refractivity contribution < 1.29 is 14.3 Å². The molecular weight excluding hydrogens is 331 g/mol. The van der Waals surface area contributed by atoms with Gasteiger partial charge in [-0.2, -0.15) is 0 Å². The third kappa shape index (κ3) is 4.44. The van der Waals surface area contributed by atoms with E-state index in [9.17, 15) is 14.3 Å². The van der Waals surface area contributed by atoms with Crippen LogP contribution in [0.4, 0.5) is 4.39 Å². The molecule has 0 aliphatic carbocycles. The molecule has 144 valence electrons. The quantitative estimate of drug-likeness (QED) is 0.876. The van der Waals surface area contributed by atoms with Crippen LogP contribution in [0, 0.1) is 17.7 Å². The van der Waals surface area contributed by atoms with Gasteiger partial charge in [0.25, 0.3) is 5.91 Å². The Hall–Kier alpha value is -1.46. The molecule has 5 heteroatoms. The predicted octanol–water partition coefficient (Wildman–Crippen LogP) is 3.05. The molecule has 2 aliphatic rings. The fourth-order valence-electron chi connectivity index (χ4n) is 4.32. The Morgan fingerprint density at radius 1 is 1.19 bits per heavy atom. The molecule has 0 bridgehead atoms. The van der Waals surface area contributed by atoms with Crippen molar-refractivity contribution in [3.8, 4) is 0 Å². The molecule has 0 aromatic heterocycles. The molecule has 2 saturated heterocycles. The Balaban J connectivity index is 1.60. The van der Waals surface area contributed by atoms with Crippen LogP contribution in [0.3, 0.4) is 0 Å². The van der Waals surface area contributed by atoms with Gasteiger partial charge in [0.15, 0.2) is 5.60 Å². The smallest absolute Gasteiger partial charge is 0.256 e. The van der Waals surface area contributed by atoms with Gasteiger partial charge in [-0.15, -0.1) is 0 Å². The second-order valence-corrected chi connectivity index (χ2v) is 8.35. The van der Waals surface area contributed by atoms with Crippen molar-refractivity contribution in [2.45, 2.75) is 51.7 Å². The monoisotopic (exact) mass is 362 g/mol. The number of amides is 1. The van der Waals surface area contributed by atoms with E-state index >= 15 is 0 Å².